The highest BCUT2D eigenvalue weighted by Crippen LogP contribution is 2.19. The third kappa shape index (κ3) is 5.86. The van der Waals surface area contributed by atoms with Crippen LogP contribution in [0, 0.1) is 6.92 Å². The summed E-state index contributed by atoms with van der Waals surface area (Å²) in [5, 5.41) is 0. The summed E-state index contributed by atoms with van der Waals surface area (Å²) in [6.45, 7) is 8.07. The molecule has 6 heteroatoms. The summed E-state index contributed by atoms with van der Waals surface area (Å²) in [6, 6.07) is 5.24. The Morgan fingerprint density at radius 1 is 0.957 bits per heavy atom. The number of hydrogen-bond acceptors (Lipinski definition) is 4. The van der Waals surface area contributed by atoms with Crippen LogP contribution in [-0.2, 0) is 5.41 Å². The van der Waals surface area contributed by atoms with Crippen LogP contribution >= 0.6 is 0 Å². The third-order valence-corrected chi connectivity index (χ3v) is 2.98. The van der Waals surface area contributed by atoms with Crippen LogP contribution < -0.4 is 11.5 Å². The monoisotopic (exact) mass is 314 g/mol. The Hall–Kier alpha value is -2.76. The van der Waals surface area contributed by atoms with Crippen LogP contribution in [0.5, 0.6) is 0 Å². The summed E-state index contributed by atoms with van der Waals surface area (Å²) in [4.78, 5) is 29.3. The molecule has 2 aromatic heterocycles. The van der Waals surface area contributed by atoms with Crippen molar-refractivity contribution in [2.45, 2.75) is 33.1 Å². The average molecular weight is 314 g/mol. The highest BCUT2D eigenvalue weighted by molar-refractivity contribution is 5.92. The minimum Gasteiger partial charge on any atom is -0.366 e. The third-order valence-electron chi connectivity index (χ3n) is 2.98. The van der Waals surface area contributed by atoms with E-state index in [2.05, 4.69) is 30.7 Å². The number of carbonyl (C=O) groups is 2. The number of nitrogens with zero attached hydrogens (tertiary/aromatic N) is 2. The highest BCUT2D eigenvalue weighted by atomic mass is 16.1. The van der Waals surface area contributed by atoms with E-state index in [9.17, 15) is 9.59 Å². The number of nitrogens with two attached hydrogens (primary N) is 2. The lowest BCUT2D eigenvalue weighted by Crippen LogP contribution is -2.16. The van der Waals surface area contributed by atoms with Gasteiger partial charge in [0.05, 0.1) is 11.1 Å². The molecule has 4 N–H and O–H groups in total. The number of hydrogen-bond donors (Lipinski definition) is 2. The number of aromatic nitrogens is 2. The smallest absolute Gasteiger partial charge is 0.250 e. The van der Waals surface area contributed by atoms with Crippen molar-refractivity contribution in [3.63, 3.8) is 0 Å². The van der Waals surface area contributed by atoms with Gasteiger partial charge in [-0.25, -0.2) is 0 Å². The van der Waals surface area contributed by atoms with Gasteiger partial charge in [-0.15, -0.1) is 0 Å². The molecule has 2 rings (SSSR count). The van der Waals surface area contributed by atoms with Crippen molar-refractivity contribution in [1.29, 1.82) is 0 Å². The van der Waals surface area contributed by atoms with E-state index in [0.29, 0.717) is 11.1 Å². The van der Waals surface area contributed by atoms with Crippen molar-refractivity contribution in [1.82, 2.24) is 9.97 Å². The fourth-order valence-corrected chi connectivity index (χ4v) is 1.67. The van der Waals surface area contributed by atoms with Gasteiger partial charge in [-0.05, 0) is 30.7 Å². The van der Waals surface area contributed by atoms with Gasteiger partial charge in [-0.2, -0.15) is 0 Å². The molecule has 23 heavy (non-hydrogen) atoms. The van der Waals surface area contributed by atoms with E-state index in [0.717, 1.165) is 11.3 Å². The van der Waals surface area contributed by atoms with Gasteiger partial charge in [-0.1, -0.05) is 20.8 Å². The fraction of sp³-hybridized carbons (Fsp3) is 0.294. The Labute approximate surface area is 135 Å². The molecular formula is C17H22N4O2. The van der Waals surface area contributed by atoms with Gasteiger partial charge in [0.15, 0.2) is 0 Å². The number of aryl methyl sites for hydroxylation is 1. The molecule has 0 fully saturated rings. The van der Waals surface area contributed by atoms with Gasteiger partial charge in [0.1, 0.15) is 0 Å². The Morgan fingerprint density at radius 2 is 1.57 bits per heavy atom. The normalized spacial score (nSPS) is 10.4. The molecule has 6 nitrogen and oxygen atoms in total. The van der Waals surface area contributed by atoms with E-state index in [1.54, 1.807) is 18.3 Å². The molecule has 0 radical (unpaired) electrons. The van der Waals surface area contributed by atoms with E-state index in [-0.39, 0.29) is 5.41 Å². The molecule has 0 aromatic carbocycles. The van der Waals surface area contributed by atoms with Crippen molar-refractivity contribution >= 4 is 11.8 Å². The van der Waals surface area contributed by atoms with Crippen molar-refractivity contribution in [3.8, 4) is 0 Å². The van der Waals surface area contributed by atoms with Crippen LogP contribution in [0.4, 0.5) is 0 Å². The molecule has 0 saturated carbocycles. The number of carbonyl (C=O) groups excluding carboxylic acids is 2. The van der Waals surface area contributed by atoms with Crippen LogP contribution in [0.3, 0.4) is 0 Å². The molecule has 0 bridgehead atoms. The second-order valence-corrected chi connectivity index (χ2v) is 6.16. The molecule has 0 unspecified atom stereocenters. The predicted octanol–water partition coefficient (Wildman–Crippen LogP) is 1.97. The molecule has 0 aliphatic rings. The maximum atomic E-state index is 10.7. The Bertz CT molecular complexity index is 688. The summed E-state index contributed by atoms with van der Waals surface area (Å²) in [6.07, 6.45) is 4.64. The molecule has 0 atom stereocenters. The fourth-order valence-electron chi connectivity index (χ4n) is 1.67. The predicted molar refractivity (Wildman–Crippen MR) is 88.9 cm³/mol. The molecule has 2 heterocycles. The zero-order valence-corrected chi connectivity index (χ0v) is 13.8. The summed E-state index contributed by atoms with van der Waals surface area (Å²) < 4.78 is 0. The highest BCUT2D eigenvalue weighted by Gasteiger charge is 2.15. The second-order valence-electron chi connectivity index (χ2n) is 6.16. The Kier molecular flexibility index (Phi) is 5.95. The molecule has 0 aliphatic heterocycles. The zero-order chi connectivity index (χ0) is 17.6. The summed E-state index contributed by atoms with van der Waals surface area (Å²) in [5.74, 6) is -0.871. The summed E-state index contributed by atoms with van der Waals surface area (Å²) in [7, 11) is 0. The van der Waals surface area contributed by atoms with Crippen LogP contribution in [0.15, 0.2) is 36.8 Å². The minimum atomic E-state index is -0.437. The van der Waals surface area contributed by atoms with Gasteiger partial charge in [0.2, 0.25) is 11.8 Å². The number of amides is 2. The molecular weight excluding hydrogens is 292 g/mol. The van der Waals surface area contributed by atoms with Crippen molar-refractivity contribution in [3.05, 3.63) is 59.2 Å². The van der Waals surface area contributed by atoms with Crippen LogP contribution in [0.2, 0.25) is 0 Å². The van der Waals surface area contributed by atoms with Crippen molar-refractivity contribution in [2.24, 2.45) is 11.5 Å². The topological polar surface area (TPSA) is 112 Å². The first-order valence-electron chi connectivity index (χ1n) is 7.09. The number of pyridine rings is 2. The van der Waals surface area contributed by atoms with E-state index in [1.807, 2.05) is 13.0 Å². The maximum Gasteiger partial charge on any atom is 0.250 e. The molecule has 0 aliphatic carbocycles. The lowest BCUT2D eigenvalue weighted by Gasteiger charge is -2.17. The molecule has 0 saturated heterocycles. The number of rotatable bonds is 2. The van der Waals surface area contributed by atoms with Gasteiger partial charge >= 0.3 is 0 Å². The van der Waals surface area contributed by atoms with Crippen LogP contribution in [0.25, 0.3) is 0 Å². The molecule has 2 aromatic rings. The Balaban J connectivity index is 0.000000238. The van der Waals surface area contributed by atoms with Gasteiger partial charge in [0.25, 0.3) is 0 Å². The van der Waals surface area contributed by atoms with E-state index in [1.165, 1.54) is 12.4 Å². The second kappa shape index (κ2) is 7.49. The van der Waals surface area contributed by atoms with Crippen LogP contribution in [-0.4, -0.2) is 21.8 Å². The first-order valence-corrected chi connectivity index (χ1v) is 7.09. The van der Waals surface area contributed by atoms with Gasteiger partial charge in [0, 0.05) is 29.7 Å². The first-order chi connectivity index (χ1) is 10.6. The molecule has 122 valence electrons. The SMILES string of the molecule is CC(C)(C)c1ccc(C(N)=O)cn1.Cc1cncc(C(N)=O)c1. The Morgan fingerprint density at radius 3 is 1.91 bits per heavy atom. The lowest BCUT2D eigenvalue weighted by atomic mass is 9.91. The van der Waals surface area contributed by atoms with E-state index < -0.39 is 11.8 Å². The number of primary amides is 2. The minimum absolute atomic E-state index is 0.0101. The maximum absolute atomic E-state index is 10.7. The van der Waals surface area contributed by atoms with Crippen molar-refractivity contribution in [2.75, 3.05) is 0 Å². The summed E-state index contributed by atoms with van der Waals surface area (Å²) >= 11 is 0. The van der Waals surface area contributed by atoms with Gasteiger partial charge in [-0.3, -0.25) is 19.6 Å². The molecule has 0 spiro atoms. The van der Waals surface area contributed by atoms with Gasteiger partial charge < -0.3 is 11.5 Å². The quantitative estimate of drug-likeness (QED) is 0.882. The largest absolute Gasteiger partial charge is 0.366 e. The lowest BCUT2D eigenvalue weighted by molar-refractivity contribution is 0.0991. The van der Waals surface area contributed by atoms with E-state index >= 15 is 0 Å². The van der Waals surface area contributed by atoms with E-state index in [4.69, 9.17) is 11.5 Å². The first kappa shape index (κ1) is 18.3. The summed E-state index contributed by atoms with van der Waals surface area (Å²) in [5.41, 5.74) is 12.9. The average Bonchev–Trinajstić information content (AvgIpc) is 2.47. The van der Waals surface area contributed by atoms with Crippen LogP contribution in [0.1, 0.15) is 52.7 Å². The standard InChI is InChI=1S/C10H14N2O.C7H8N2O/c1-10(2,3)8-5-4-7(6-12-8)9(11)13;1-5-2-6(7(8)10)4-9-3-5/h4-6H,1-3H3,(H2,11,13);2-4H,1H3,(H2,8,10). The molecule has 2 amide bonds. The van der Waals surface area contributed by atoms with Crippen molar-refractivity contribution < 1.29 is 9.59 Å². The zero-order valence-electron chi connectivity index (χ0n) is 13.8.